The van der Waals surface area contributed by atoms with Crippen LogP contribution in [0.4, 0.5) is 0 Å². The van der Waals surface area contributed by atoms with Gasteiger partial charge in [0.15, 0.2) is 13.8 Å². The number of amides is 1. The van der Waals surface area contributed by atoms with Crippen LogP contribution < -0.4 is 5.32 Å². The zero-order valence-corrected chi connectivity index (χ0v) is 19.2. The van der Waals surface area contributed by atoms with Crippen molar-refractivity contribution in [3.8, 4) is 5.75 Å². The Hall–Kier alpha value is -2.76. The van der Waals surface area contributed by atoms with E-state index in [1.54, 1.807) is 38.1 Å². The fraction of sp³-hybridized carbons (Fsp3) is 0.391. The molecule has 31 heavy (non-hydrogen) atoms. The molecule has 2 aromatic carbocycles. The van der Waals surface area contributed by atoms with Crippen molar-refractivity contribution >= 4 is 20.3 Å². The van der Waals surface area contributed by atoms with E-state index in [1.165, 1.54) is 13.0 Å². The van der Waals surface area contributed by atoms with E-state index in [-0.39, 0.29) is 17.2 Å². The number of hydrogen-bond acceptors (Lipinski definition) is 5. The van der Waals surface area contributed by atoms with Crippen LogP contribution in [0.1, 0.15) is 58.9 Å². The van der Waals surface area contributed by atoms with Crippen molar-refractivity contribution in [3.05, 3.63) is 63.7 Å². The van der Waals surface area contributed by atoms with Gasteiger partial charge in [-0.15, -0.1) is 0 Å². The summed E-state index contributed by atoms with van der Waals surface area (Å²) in [6.07, 6.45) is 0.461. The summed E-state index contributed by atoms with van der Waals surface area (Å²) < 4.78 is 11.3. The number of rotatable bonds is 8. The first-order valence-electron chi connectivity index (χ1n) is 9.90. The maximum atomic E-state index is 12.6. The van der Waals surface area contributed by atoms with Crippen LogP contribution in [0.5, 0.6) is 5.75 Å². The standard InChI is InChI=1S/C23H28NO6P/c1-12(2)20(22(27)28)24-21(26)18-11-15(6-7-19(18)25)10-17-13(3)8-16(9-14(17)4)23(5,29)31-30/h6-9,11-12,20,25,29H,10H2,1-5H3,(H,24,26)(H,27,28). The van der Waals surface area contributed by atoms with Gasteiger partial charge < -0.3 is 20.6 Å². The minimum Gasteiger partial charge on any atom is -0.507 e. The molecule has 0 fully saturated rings. The largest absolute Gasteiger partial charge is 0.507 e. The number of carboxylic acid groups (broad SMARTS) is 1. The SMILES string of the molecule is Cc1cc(C(C)(O)P=O)cc(C)c1Cc1ccc(O)c(C(=O)NC(C(=O)O)C(C)C)c1. The molecule has 0 saturated carbocycles. The van der Waals surface area contributed by atoms with Crippen LogP contribution in [0.3, 0.4) is 0 Å². The van der Waals surface area contributed by atoms with Gasteiger partial charge in [-0.3, -0.25) is 9.36 Å². The predicted octanol–water partition coefficient (Wildman–Crippen LogP) is 3.90. The number of hydrogen-bond donors (Lipinski definition) is 4. The van der Waals surface area contributed by atoms with E-state index in [0.717, 1.165) is 22.3 Å². The highest BCUT2D eigenvalue weighted by atomic mass is 31.1. The van der Waals surface area contributed by atoms with Gasteiger partial charge in [0.1, 0.15) is 11.8 Å². The number of carboxylic acids is 1. The third kappa shape index (κ3) is 5.69. The fourth-order valence-electron chi connectivity index (χ4n) is 3.41. The summed E-state index contributed by atoms with van der Waals surface area (Å²) in [5.41, 5.74) is 4.07. The molecule has 8 heteroatoms. The number of benzene rings is 2. The summed E-state index contributed by atoms with van der Waals surface area (Å²) in [6.45, 7) is 8.62. The number of aryl methyl sites for hydroxylation is 2. The van der Waals surface area contributed by atoms with E-state index in [4.69, 9.17) is 0 Å². The van der Waals surface area contributed by atoms with E-state index in [2.05, 4.69) is 5.32 Å². The second-order valence-corrected chi connectivity index (χ2v) is 9.32. The number of aromatic hydroxyl groups is 1. The normalized spacial score (nSPS) is 14.3. The molecule has 1 amide bonds. The smallest absolute Gasteiger partial charge is 0.326 e. The number of aliphatic carboxylic acids is 1. The van der Waals surface area contributed by atoms with Gasteiger partial charge in [-0.1, -0.05) is 32.0 Å². The summed E-state index contributed by atoms with van der Waals surface area (Å²) in [7, 11) is -0.391. The van der Waals surface area contributed by atoms with Gasteiger partial charge in [-0.2, -0.15) is 0 Å². The van der Waals surface area contributed by atoms with Gasteiger partial charge in [0.2, 0.25) is 0 Å². The quantitative estimate of drug-likeness (QED) is 0.457. The third-order valence-corrected chi connectivity index (χ3v) is 5.94. The first-order valence-corrected chi connectivity index (χ1v) is 10.7. The molecule has 2 aromatic rings. The molecule has 166 valence electrons. The third-order valence-electron chi connectivity index (χ3n) is 5.33. The van der Waals surface area contributed by atoms with Crippen LogP contribution >= 0.6 is 8.46 Å². The summed E-state index contributed by atoms with van der Waals surface area (Å²) in [5, 5.41) is 30.7. The molecule has 0 aliphatic heterocycles. The monoisotopic (exact) mass is 445 g/mol. The molecule has 2 rings (SSSR count). The molecule has 2 unspecified atom stereocenters. The van der Waals surface area contributed by atoms with Crippen LogP contribution in [-0.4, -0.2) is 33.2 Å². The highest BCUT2D eigenvalue weighted by Crippen LogP contribution is 2.34. The molecule has 0 bridgehead atoms. The predicted molar refractivity (Wildman–Crippen MR) is 118 cm³/mol. The molecule has 0 aliphatic carbocycles. The van der Waals surface area contributed by atoms with E-state index in [0.29, 0.717) is 12.0 Å². The Morgan fingerprint density at radius 3 is 2.19 bits per heavy atom. The van der Waals surface area contributed by atoms with Gasteiger partial charge in [0.05, 0.1) is 5.56 Å². The van der Waals surface area contributed by atoms with Gasteiger partial charge in [-0.05, 0) is 73.1 Å². The number of phenolic OH excluding ortho intramolecular Hbond substituents is 1. The number of phenols is 1. The Bertz CT molecular complexity index is 992. The van der Waals surface area contributed by atoms with E-state index in [9.17, 15) is 29.5 Å². The fourth-order valence-corrected chi connectivity index (χ4v) is 3.64. The summed E-state index contributed by atoms with van der Waals surface area (Å²) in [5.74, 6) is -2.35. The molecule has 0 aliphatic rings. The number of aliphatic hydroxyl groups is 1. The Kier molecular flexibility index (Phi) is 7.58. The summed E-state index contributed by atoms with van der Waals surface area (Å²) in [6, 6.07) is 7.14. The molecular weight excluding hydrogens is 417 g/mol. The minimum atomic E-state index is -1.48. The van der Waals surface area contributed by atoms with Crippen molar-refractivity contribution in [2.45, 2.75) is 52.4 Å². The van der Waals surface area contributed by atoms with E-state index >= 15 is 0 Å². The molecule has 0 spiro atoms. The van der Waals surface area contributed by atoms with Crippen LogP contribution in [0.2, 0.25) is 0 Å². The molecule has 4 N–H and O–H groups in total. The Morgan fingerprint density at radius 2 is 1.71 bits per heavy atom. The minimum absolute atomic E-state index is 0.00409. The van der Waals surface area contributed by atoms with E-state index < -0.39 is 31.7 Å². The lowest BCUT2D eigenvalue weighted by atomic mass is 9.92. The number of carbonyl (C=O) groups is 2. The summed E-state index contributed by atoms with van der Waals surface area (Å²) >= 11 is 0. The van der Waals surface area contributed by atoms with Crippen molar-refractivity contribution in [2.75, 3.05) is 0 Å². The van der Waals surface area contributed by atoms with E-state index in [1.807, 2.05) is 13.8 Å². The van der Waals surface area contributed by atoms with Crippen molar-refractivity contribution in [3.63, 3.8) is 0 Å². The lowest BCUT2D eigenvalue weighted by Gasteiger charge is -2.20. The van der Waals surface area contributed by atoms with Gasteiger partial charge in [0, 0.05) is 0 Å². The Labute approximate surface area is 183 Å². The maximum absolute atomic E-state index is 12.6. The van der Waals surface area contributed by atoms with Crippen molar-refractivity contribution in [1.29, 1.82) is 0 Å². The second-order valence-electron chi connectivity index (χ2n) is 8.26. The van der Waals surface area contributed by atoms with Crippen LogP contribution in [0, 0.1) is 19.8 Å². The average molecular weight is 445 g/mol. The molecule has 0 heterocycles. The van der Waals surface area contributed by atoms with Crippen LogP contribution in [0.25, 0.3) is 0 Å². The lowest BCUT2D eigenvalue weighted by Crippen LogP contribution is -2.44. The zero-order valence-electron chi connectivity index (χ0n) is 18.3. The second kappa shape index (κ2) is 9.58. The highest BCUT2D eigenvalue weighted by Gasteiger charge is 2.26. The molecule has 2 atom stereocenters. The van der Waals surface area contributed by atoms with Gasteiger partial charge in [-0.25, -0.2) is 4.79 Å². The Balaban J connectivity index is 2.35. The van der Waals surface area contributed by atoms with Gasteiger partial charge in [0.25, 0.3) is 5.91 Å². The first kappa shape index (κ1) is 24.5. The first-order chi connectivity index (χ1) is 14.4. The molecule has 0 radical (unpaired) electrons. The maximum Gasteiger partial charge on any atom is 0.326 e. The number of carbonyl (C=O) groups excluding carboxylic acids is 1. The van der Waals surface area contributed by atoms with Crippen molar-refractivity contribution < 1.29 is 29.5 Å². The molecule has 7 nitrogen and oxygen atoms in total. The molecular formula is C23H28NO6P. The van der Waals surface area contributed by atoms with Gasteiger partial charge >= 0.3 is 5.97 Å². The molecule has 0 aromatic heterocycles. The summed E-state index contributed by atoms with van der Waals surface area (Å²) in [4.78, 5) is 24.0. The lowest BCUT2D eigenvalue weighted by molar-refractivity contribution is -0.140. The van der Waals surface area contributed by atoms with Crippen molar-refractivity contribution in [2.24, 2.45) is 5.92 Å². The highest BCUT2D eigenvalue weighted by molar-refractivity contribution is 7.25. The zero-order chi connectivity index (χ0) is 23.5. The topological polar surface area (TPSA) is 124 Å². The number of nitrogens with one attached hydrogen (secondary N) is 1. The Morgan fingerprint density at radius 1 is 1.13 bits per heavy atom. The van der Waals surface area contributed by atoms with Crippen LogP contribution in [-0.2, 0) is 21.1 Å². The molecule has 0 saturated heterocycles. The average Bonchev–Trinajstić information content (AvgIpc) is 2.69. The van der Waals surface area contributed by atoms with Crippen molar-refractivity contribution in [1.82, 2.24) is 5.32 Å². The van der Waals surface area contributed by atoms with Crippen LogP contribution in [0.15, 0.2) is 30.3 Å².